The number of ether oxygens (including phenoxy) is 2. The van der Waals surface area contributed by atoms with Crippen molar-refractivity contribution in [3.8, 4) is 11.5 Å². The lowest BCUT2D eigenvalue weighted by Crippen LogP contribution is -2.45. The maximum Gasteiger partial charge on any atom is 0.385 e. The van der Waals surface area contributed by atoms with E-state index < -0.39 is 26.4 Å². The molecule has 0 bridgehead atoms. The standard InChI is InChI=1S/C29H46N2O8S2/c1-8-30(9-2)40(32,33)38-20-16-19-12-13-21-22(26(19)24(17-20)39-41(34,35)31(10-3)11-4)14-15-29(7)23(21)18-25-27(29)37-28(5,6)36-25/h16-17,21-23,25,27H,8-15,18H2,1-7H3/t21-,22-,23-,25-,27-,29-/m0/s1. The summed E-state index contributed by atoms with van der Waals surface area (Å²) in [6, 6.07) is 3.21. The number of hydrogen-bond donors (Lipinski definition) is 0. The van der Waals surface area contributed by atoms with Gasteiger partial charge in [-0.15, -0.1) is 0 Å². The summed E-state index contributed by atoms with van der Waals surface area (Å²) in [4.78, 5) is 0. The molecule has 6 atom stereocenters. The monoisotopic (exact) mass is 614 g/mol. The van der Waals surface area contributed by atoms with E-state index in [2.05, 4.69) is 6.92 Å². The number of rotatable bonds is 10. The third kappa shape index (κ3) is 5.42. The number of aryl methyl sites for hydroxylation is 1. The maximum absolute atomic E-state index is 13.3. The first-order valence-corrected chi connectivity index (χ1v) is 17.8. The lowest BCUT2D eigenvalue weighted by atomic mass is 9.55. The van der Waals surface area contributed by atoms with Crippen molar-refractivity contribution in [1.29, 1.82) is 0 Å². The molecular formula is C29H46N2O8S2. The summed E-state index contributed by atoms with van der Waals surface area (Å²) in [5, 5.41) is 0. The van der Waals surface area contributed by atoms with E-state index in [1.165, 1.54) is 14.7 Å². The minimum Gasteiger partial charge on any atom is -0.371 e. The van der Waals surface area contributed by atoms with Crippen LogP contribution in [0.15, 0.2) is 12.1 Å². The van der Waals surface area contributed by atoms with Crippen LogP contribution in [0, 0.1) is 17.3 Å². The third-order valence-electron chi connectivity index (χ3n) is 9.95. The van der Waals surface area contributed by atoms with Gasteiger partial charge in [0.1, 0.15) is 5.75 Å². The van der Waals surface area contributed by atoms with Crippen molar-refractivity contribution >= 4 is 20.6 Å². The predicted octanol–water partition coefficient (Wildman–Crippen LogP) is 4.60. The molecule has 1 heterocycles. The molecule has 2 saturated carbocycles. The molecule has 1 saturated heterocycles. The second kappa shape index (κ2) is 10.9. The molecule has 0 spiro atoms. The van der Waals surface area contributed by atoms with Crippen LogP contribution in [-0.2, 0) is 36.5 Å². The Labute approximate surface area is 246 Å². The average molecular weight is 615 g/mol. The summed E-state index contributed by atoms with van der Waals surface area (Å²) in [6.07, 6.45) is 4.39. The summed E-state index contributed by atoms with van der Waals surface area (Å²) >= 11 is 0. The molecule has 12 heteroatoms. The normalized spacial score (nSPS) is 32.4. The molecule has 1 aliphatic heterocycles. The van der Waals surface area contributed by atoms with Crippen molar-refractivity contribution in [2.24, 2.45) is 17.3 Å². The third-order valence-corrected chi connectivity index (χ3v) is 13.0. The summed E-state index contributed by atoms with van der Waals surface area (Å²) in [6.45, 7) is 14.3. The second-order valence-corrected chi connectivity index (χ2v) is 15.6. The van der Waals surface area contributed by atoms with E-state index in [4.69, 9.17) is 17.8 Å². The van der Waals surface area contributed by atoms with E-state index in [0.717, 1.165) is 36.8 Å². The average Bonchev–Trinajstić information content (AvgIpc) is 3.33. The zero-order chi connectivity index (χ0) is 30.0. The molecule has 232 valence electrons. The number of nitrogens with zero attached hydrogens (tertiary/aromatic N) is 2. The van der Waals surface area contributed by atoms with Gasteiger partial charge >= 0.3 is 20.6 Å². The van der Waals surface area contributed by atoms with Gasteiger partial charge in [0.25, 0.3) is 0 Å². The second-order valence-electron chi connectivity index (χ2n) is 12.5. The first-order valence-electron chi connectivity index (χ1n) is 15.1. The fraction of sp³-hybridized carbons (Fsp3) is 0.793. The van der Waals surface area contributed by atoms with Crippen LogP contribution in [0.5, 0.6) is 11.5 Å². The Morgan fingerprint density at radius 2 is 1.49 bits per heavy atom. The van der Waals surface area contributed by atoms with Crippen LogP contribution in [-0.4, -0.2) is 69.6 Å². The maximum atomic E-state index is 13.3. The van der Waals surface area contributed by atoms with Crippen LogP contribution in [0.1, 0.15) is 91.2 Å². The molecule has 41 heavy (non-hydrogen) atoms. The van der Waals surface area contributed by atoms with Crippen molar-refractivity contribution in [1.82, 2.24) is 8.61 Å². The summed E-state index contributed by atoms with van der Waals surface area (Å²) < 4.78 is 79.2. The van der Waals surface area contributed by atoms with E-state index in [-0.39, 0.29) is 61.2 Å². The molecule has 3 fully saturated rings. The van der Waals surface area contributed by atoms with E-state index in [9.17, 15) is 16.8 Å². The molecule has 0 aromatic heterocycles. The molecule has 10 nitrogen and oxygen atoms in total. The summed E-state index contributed by atoms with van der Waals surface area (Å²) in [7, 11) is -8.17. The Bertz CT molecular complexity index is 1360. The molecule has 4 aliphatic rings. The largest absolute Gasteiger partial charge is 0.385 e. The van der Waals surface area contributed by atoms with Crippen LogP contribution in [0.3, 0.4) is 0 Å². The molecular weight excluding hydrogens is 568 g/mol. The minimum atomic E-state index is -4.11. The highest BCUT2D eigenvalue weighted by Crippen LogP contribution is 2.65. The van der Waals surface area contributed by atoms with E-state index in [0.29, 0.717) is 18.3 Å². The van der Waals surface area contributed by atoms with Gasteiger partial charge in [-0.1, -0.05) is 34.6 Å². The Balaban J connectivity index is 1.53. The van der Waals surface area contributed by atoms with Gasteiger partial charge in [-0.3, -0.25) is 0 Å². The lowest BCUT2D eigenvalue weighted by Gasteiger charge is -2.50. The predicted molar refractivity (Wildman–Crippen MR) is 155 cm³/mol. The smallest absolute Gasteiger partial charge is 0.371 e. The molecule has 3 aliphatic carbocycles. The molecule has 1 aromatic rings. The van der Waals surface area contributed by atoms with Crippen LogP contribution < -0.4 is 8.37 Å². The molecule has 5 rings (SSSR count). The van der Waals surface area contributed by atoms with Crippen LogP contribution in [0.25, 0.3) is 0 Å². The van der Waals surface area contributed by atoms with Crippen molar-refractivity contribution < 1.29 is 34.7 Å². The van der Waals surface area contributed by atoms with Gasteiger partial charge in [0, 0.05) is 37.8 Å². The van der Waals surface area contributed by atoms with Crippen molar-refractivity contribution in [3.05, 3.63) is 23.3 Å². The van der Waals surface area contributed by atoms with Crippen molar-refractivity contribution in [2.45, 2.75) is 104 Å². The Hall–Kier alpha value is -1.44. The molecule has 0 radical (unpaired) electrons. The summed E-state index contributed by atoms with van der Waals surface area (Å²) in [5.41, 5.74) is 1.73. The first kappa shape index (κ1) is 31.0. The first-order chi connectivity index (χ1) is 19.2. The van der Waals surface area contributed by atoms with Crippen LogP contribution in [0.4, 0.5) is 0 Å². The zero-order valence-electron chi connectivity index (χ0n) is 25.4. The van der Waals surface area contributed by atoms with Gasteiger partial charge in [0.15, 0.2) is 11.5 Å². The van der Waals surface area contributed by atoms with Gasteiger partial charge in [-0.05, 0) is 80.8 Å². The highest BCUT2D eigenvalue weighted by atomic mass is 32.2. The fourth-order valence-corrected chi connectivity index (χ4v) is 10.3. The number of fused-ring (bicyclic) bond motifs is 7. The SMILES string of the molecule is CCN(CC)S(=O)(=O)Oc1cc2c(c(OS(=O)(=O)N(CC)CC)c1)[C@H]1CC[C@@]3(C)[C@@H](C[C@@H]4OC(C)(C)O[C@@H]43)[C@H]1CC2. The zero-order valence-corrected chi connectivity index (χ0v) is 27.0. The summed E-state index contributed by atoms with van der Waals surface area (Å²) in [5.74, 6) is 0.418. The molecule has 1 aromatic carbocycles. The number of hydrogen-bond acceptors (Lipinski definition) is 8. The van der Waals surface area contributed by atoms with E-state index >= 15 is 0 Å². The number of benzene rings is 1. The highest BCUT2D eigenvalue weighted by Gasteiger charge is 2.63. The fourth-order valence-electron chi connectivity index (χ4n) is 8.15. The van der Waals surface area contributed by atoms with Gasteiger partial charge < -0.3 is 17.8 Å². The topological polar surface area (TPSA) is 112 Å². The van der Waals surface area contributed by atoms with Gasteiger partial charge in [-0.25, -0.2) is 0 Å². The van der Waals surface area contributed by atoms with Gasteiger partial charge in [-0.2, -0.15) is 25.4 Å². The van der Waals surface area contributed by atoms with Crippen molar-refractivity contribution in [2.75, 3.05) is 26.2 Å². The lowest BCUT2D eigenvalue weighted by molar-refractivity contribution is -0.178. The minimum absolute atomic E-state index is 0.0215. The molecule has 0 amide bonds. The quantitative estimate of drug-likeness (QED) is 0.376. The van der Waals surface area contributed by atoms with Gasteiger partial charge in [0.2, 0.25) is 0 Å². The van der Waals surface area contributed by atoms with Gasteiger partial charge in [0.05, 0.1) is 12.2 Å². The van der Waals surface area contributed by atoms with Crippen LogP contribution in [0.2, 0.25) is 0 Å². The highest BCUT2D eigenvalue weighted by molar-refractivity contribution is 7.85. The molecule has 0 N–H and O–H groups in total. The Kier molecular flexibility index (Phi) is 8.26. The van der Waals surface area contributed by atoms with Crippen molar-refractivity contribution in [3.63, 3.8) is 0 Å². The Morgan fingerprint density at radius 1 is 0.878 bits per heavy atom. The van der Waals surface area contributed by atoms with E-state index in [1.807, 2.05) is 13.8 Å². The van der Waals surface area contributed by atoms with E-state index in [1.54, 1.807) is 33.8 Å². The molecule has 0 unspecified atom stereocenters. The Morgan fingerprint density at radius 3 is 2.10 bits per heavy atom. The van der Waals surface area contributed by atoms with Crippen LogP contribution >= 0.6 is 0 Å².